The van der Waals surface area contributed by atoms with Crippen LogP contribution in [-0.4, -0.2) is 14.7 Å². The first-order chi connectivity index (χ1) is 8.24. The second-order valence-electron chi connectivity index (χ2n) is 4.49. The Morgan fingerprint density at radius 1 is 1.29 bits per heavy atom. The number of aromatic nitrogens is 2. The molecule has 0 saturated heterocycles. The molecular formula is C14H20N2O. The summed E-state index contributed by atoms with van der Waals surface area (Å²) in [7, 11) is 0. The fraction of sp³-hybridized carbons (Fsp3) is 0.500. The Morgan fingerprint density at radius 2 is 2.06 bits per heavy atom. The highest BCUT2D eigenvalue weighted by Crippen LogP contribution is 2.21. The van der Waals surface area contributed by atoms with E-state index >= 15 is 0 Å². The number of aliphatic hydroxyl groups is 1. The quantitative estimate of drug-likeness (QED) is 0.803. The van der Waals surface area contributed by atoms with Gasteiger partial charge in [0.15, 0.2) is 0 Å². The molecule has 1 aromatic heterocycles. The molecule has 1 N–H and O–H groups in total. The van der Waals surface area contributed by atoms with Gasteiger partial charge in [0.2, 0.25) is 0 Å². The number of nitrogens with zero attached hydrogens (tertiary/aromatic N) is 2. The third kappa shape index (κ3) is 2.50. The maximum Gasteiger partial charge on any atom is 0.138 e. The van der Waals surface area contributed by atoms with Gasteiger partial charge < -0.3 is 9.67 Å². The first-order valence-corrected chi connectivity index (χ1v) is 6.37. The van der Waals surface area contributed by atoms with Crippen molar-refractivity contribution in [2.24, 2.45) is 0 Å². The van der Waals surface area contributed by atoms with Crippen molar-refractivity contribution in [2.75, 3.05) is 0 Å². The molecule has 0 fully saturated rings. The average molecular weight is 232 g/mol. The molecule has 0 aliphatic heterocycles. The summed E-state index contributed by atoms with van der Waals surface area (Å²) in [5.74, 6) is 0.780. The summed E-state index contributed by atoms with van der Waals surface area (Å²) in [5.41, 5.74) is 2.10. The van der Waals surface area contributed by atoms with Crippen LogP contribution in [0, 0.1) is 0 Å². The van der Waals surface area contributed by atoms with Crippen LogP contribution in [0.25, 0.3) is 11.0 Å². The van der Waals surface area contributed by atoms with Gasteiger partial charge in [0, 0.05) is 6.54 Å². The summed E-state index contributed by atoms with van der Waals surface area (Å²) < 4.78 is 2.15. The molecule has 1 heterocycles. The molecule has 0 saturated carbocycles. The van der Waals surface area contributed by atoms with E-state index in [1.165, 1.54) is 12.8 Å². The summed E-state index contributed by atoms with van der Waals surface area (Å²) in [6.45, 7) is 4.91. The Balaban J connectivity index is 2.37. The van der Waals surface area contributed by atoms with Crippen LogP contribution >= 0.6 is 0 Å². The average Bonchev–Trinajstić information content (AvgIpc) is 2.69. The number of aryl methyl sites for hydroxylation is 1. The van der Waals surface area contributed by atoms with Gasteiger partial charge >= 0.3 is 0 Å². The number of imidazole rings is 1. The van der Waals surface area contributed by atoms with Crippen molar-refractivity contribution in [3.05, 3.63) is 30.1 Å². The van der Waals surface area contributed by atoms with Crippen LogP contribution in [0.3, 0.4) is 0 Å². The predicted molar refractivity (Wildman–Crippen MR) is 69.9 cm³/mol. The maximum absolute atomic E-state index is 9.78. The van der Waals surface area contributed by atoms with Crippen LogP contribution in [0.4, 0.5) is 0 Å². The van der Waals surface area contributed by atoms with Gasteiger partial charge in [0.1, 0.15) is 11.9 Å². The largest absolute Gasteiger partial charge is 0.385 e. The Morgan fingerprint density at radius 3 is 2.76 bits per heavy atom. The monoisotopic (exact) mass is 232 g/mol. The number of aliphatic hydroxyl groups excluding tert-OH is 1. The minimum absolute atomic E-state index is 0.510. The number of rotatable bonds is 5. The van der Waals surface area contributed by atoms with Gasteiger partial charge in [-0.25, -0.2) is 4.98 Å². The van der Waals surface area contributed by atoms with Gasteiger partial charge in [-0.1, -0.05) is 31.9 Å². The van der Waals surface area contributed by atoms with E-state index in [9.17, 15) is 5.11 Å². The van der Waals surface area contributed by atoms with Crippen LogP contribution in [-0.2, 0) is 6.54 Å². The topological polar surface area (TPSA) is 38.0 Å². The molecule has 0 amide bonds. The van der Waals surface area contributed by atoms with Crippen molar-refractivity contribution < 1.29 is 5.11 Å². The second-order valence-corrected chi connectivity index (χ2v) is 4.49. The molecule has 2 aromatic rings. The number of hydrogen-bond acceptors (Lipinski definition) is 2. The third-order valence-electron chi connectivity index (χ3n) is 3.04. The standard InChI is InChI=1S/C14H20N2O/c1-3-4-7-10-16-13-9-6-5-8-12(13)15-14(16)11(2)17/h5-6,8-9,11,17H,3-4,7,10H2,1-2H3/t11-/m0/s1. The van der Waals surface area contributed by atoms with Gasteiger partial charge in [-0.2, -0.15) is 0 Å². The fourth-order valence-electron chi connectivity index (χ4n) is 2.17. The van der Waals surface area contributed by atoms with Crippen molar-refractivity contribution in [3.63, 3.8) is 0 Å². The van der Waals surface area contributed by atoms with Crippen LogP contribution in [0.1, 0.15) is 45.0 Å². The van der Waals surface area contributed by atoms with Crippen molar-refractivity contribution >= 4 is 11.0 Å². The molecule has 0 radical (unpaired) electrons. The zero-order chi connectivity index (χ0) is 12.3. The Bertz CT molecular complexity index is 488. The lowest BCUT2D eigenvalue weighted by Gasteiger charge is -2.10. The number of para-hydroxylation sites is 2. The van der Waals surface area contributed by atoms with E-state index in [0.29, 0.717) is 0 Å². The minimum atomic E-state index is -0.510. The third-order valence-corrected chi connectivity index (χ3v) is 3.04. The maximum atomic E-state index is 9.78. The molecule has 0 spiro atoms. The van der Waals surface area contributed by atoms with Crippen molar-refractivity contribution in [1.29, 1.82) is 0 Å². The highest BCUT2D eigenvalue weighted by atomic mass is 16.3. The smallest absolute Gasteiger partial charge is 0.138 e. The van der Waals surface area contributed by atoms with Crippen LogP contribution in [0.2, 0.25) is 0 Å². The van der Waals surface area contributed by atoms with E-state index in [1.807, 2.05) is 18.2 Å². The van der Waals surface area contributed by atoms with Crippen molar-refractivity contribution in [2.45, 2.75) is 45.8 Å². The first-order valence-electron chi connectivity index (χ1n) is 6.37. The lowest BCUT2D eigenvalue weighted by atomic mass is 10.2. The molecule has 0 aliphatic carbocycles. The van der Waals surface area contributed by atoms with Crippen molar-refractivity contribution in [3.8, 4) is 0 Å². The van der Waals surface area contributed by atoms with Crippen LogP contribution in [0.15, 0.2) is 24.3 Å². The first kappa shape index (κ1) is 12.1. The lowest BCUT2D eigenvalue weighted by Crippen LogP contribution is -2.07. The summed E-state index contributed by atoms with van der Waals surface area (Å²) in [4.78, 5) is 4.50. The van der Waals surface area contributed by atoms with Gasteiger partial charge in [0.25, 0.3) is 0 Å². The molecule has 17 heavy (non-hydrogen) atoms. The SMILES string of the molecule is CCCCCn1c([C@H](C)O)nc2ccccc21. The minimum Gasteiger partial charge on any atom is -0.385 e. The van der Waals surface area contributed by atoms with E-state index < -0.39 is 6.10 Å². The molecule has 0 unspecified atom stereocenters. The summed E-state index contributed by atoms with van der Waals surface area (Å²) in [6.07, 6.45) is 3.04. The lowest BCUT2D eigenvalue weighted by molar-refractivity contribution is 0.184. The molecule has 1 aromatic carbocycles. The fourth-order valence-corrected chi connectivity index (χ4v) is 2.17. The number of benzene rings is 1. The van der Waals surface area contributed by atoms with Crippen molar-refractivity contribution in [1.82, 2.24) is 9.55 Å². The van der Waals surface area contributed by atoms with E-state index in [0.717, 1.165) is 29.8 Å². The molecule has 0 aliphatic rings. The van der Waals surface area contributed by atoms with Gasteiger partial charge in [0.05, 0.1) is 11.0 Å². The summed E-state index contributed by atoms with van der Waals surface area (Å²) >= 11 is 0. The molecule has 0 bridgehead atoms. The van der Waals surface area contributed by atoms with Crippen LogP contribution < -0.4 is 0 Å². The molecule has 2 rings (SSSR count). The predicted octanol–water partition coefficient (Wildman–Crippen LogP) is 3.28. The molecule has 92 valence electrons. The van der Waals surface area contributed by atoms with Gasteiger partial charge in [-0.05, 0) is 25.5 Å². The number of unbranched alkanes of at least 4 members (excludes halogenated alkanes) is 2. The zero-order valence-corrected chi connectivity index (χ0v) is 10.6. The van der Waals surface area contributed by atoms with E-state index in [4.69, 9.17) is 0 Å². The van der Waals surface area contributed by atoms with E-state index in [1.54, 1.807) is 6.92 Å². The molecule has 3 nitrogen and oxygen atoms in total. The Kier molecular flexibility index (Phi) is 3.79. The molecular weight excluding hydrogens is 212 g/mol. The van der Waals surface area contributed by atoms with E-state index in [2.05, 4.69) is 22.5 Å². The highest BCUT2D eigenvalue weighted by molar-refractivity contribution is 5.75. The summed E-state index contributed by atoms with van der Waals surface area (Å²) in [5, 5.41) is 9.78. The Hall–Kier alpha value is -1.35. The van der Waals surface area contributed by atoms with E-state index in [-0.39, 0.29) is 0 Å². The second kappa shape index (κ2) is 5.32. The summed E-state index contributed by atoms with van der Waals surface area (Å²) in [6, 6.07) is 8.07. The molecule has 3 heteroatoms. The van der Waals surface area contributed by atoms with Gasteiger partial charge in [-0.15, -0.1) is 0 Å². The molecule has 1 atom stereocenters. The number of fused-ring (bicyclic) bond motifs is 1. The van der Waals surface area contributed by atoms with Gasteiger partial charge in [-0.3, -0.25) is 0 Å². The highest BCUT2D eigenvalue weighted by Gasteiger charge is 2.13. The normalized spacial score (nSPS) is 13.1. The van der Waals surface area contributed by atoms with Crippen LogP contribution in [0.5, 0.6) is 0 Å². The Labute approximate surface area is 102 Å². The number of hydrogen-bond donors (Lipinski definition) is 1. The zero-order valence-electron chi connectivity index (χ0n) is 10.6.